The van der Waals surface area contributed by atoms with Crippen LogP contribution in [0.4, 0.5) is 4.39 Å². The van der Waals surface area contributed by atoms with E-state index in [1.54, 1.807) is 18.5 Å². The first-order valence-corrected chi connectivity index (χ1v) is 7.88. The minimum absolute atomic E-state index is 0.0971. The fourth-order valence-electron chi connectivity index (χ4n) is 3.00. The van der Waals surface area contributed by atoms with Crippen LogP contribution in [0.3, 0.4) is 0 Å². The Bertz CT molecular complexity index is 805. The summed E-state index contributed by atoms with van der Waals surface area (Å²) in [5.74, 6) is 0.588. The van der Waals surface area contributed by atoms with E-state index in [9.17, 15) is 4.39 Å². The zero-order chi connectivity index (χ0) is 16.4. The molecule has 0 spiro atoms. The van der Waals surface area contributed by atoms with E-state index in [4.69, 9.17) is 4.52 Å². The van der Waals surface area contributed by atoms with Crippen LogP contribution in [0.1, 0.15) is 30.3 Å². The smallest absolute Gasteiger partial charge is 0.244 e. The van der Waals surface area contributed by atoms with Gasteiger partial charge in [-0.25, -0.2) is 9.37 Å². The average molecular weight is 325 g/mol. The largest absolute Gasteiger partial charge is 0.337 e. The molecule has 4 rings (SSSR count). The quantitative estimate of drug-likeness (QED) is 0.734. The zero-order valence-corrected chi connectivity index (χ0v) is 13.0. The van der Waals surface area contributed by atoms with Crippen molar-refractivity contribution in [1.29, 1.82) is 0 Å². The summed E-state index contributed by atoms with van der Waals surface area (Å²) < 4.78 is 18.4. The van der Waals surface area contributed by atoms with Crippen LogP contribution in [0.25, 0.3) is 11.5 Å². The Morgan fingerprint density at radius 3 is 2.88 bits per heavy atom. The van der Waals surface area contributed by atoms with Crippen molar-refractivity contribution in [2.24, 2.45) is 0 Å². The van der Waals surface area contributed by atoms with E-state index in [0.717, 1.165) is 32.1 Å². The first-order valence-electron chi connectivity index (χ1n) is 7.88. The summed E-state index contributed by atoms with van der Waals surface area (Å²) in [7, 11) is 0. The molecule has 3 aromatic heterocycles. The van der Waals surface area contributed by atoms with Crippen molar-refractivity contribution in [2.75, 3.05) is 6.54 Å². The van der Waals surface area contributed by atoms with Crippen molar-refractivity contribution in [3.05, 3.63) is 60.1 Å². The first-order chi connectivity index (χ1) is 11.8. The lowest BCUT2D eigenvalue weighted by Gasteiger charge is -2.21. The molecule has 1 saturated heterocycles. The molecule has 1 fully saturated rings. The van der Waals surface area contributed by atoms with Crippen LogP contribution in [0, 0.1) is 5.82 Å². The van der Waals surface area contributed by atoms with Gasteiger partial charge in [-0.3, -0.25) is 9.88 Å². The lowest BCUT2D eigenvalue weighted by Crippen LogP contribution is -2.23. The second-order valence-corrected chi connectivity index (χ2v) is 5.80. The summed E-state index contributed by atoms with van der Waals surface area (Å²) in [4.78, 5) is 14.8. The van der Waals surface area contributed by atoms with Gasteiger partial charge in [0.15, 0.2) is 0 Å². The van der Waals surface area contributed by atoms with Crippen LogP contribution in [0.2, 0.25) is 0 Å². The Morgan fingerprint density at radius 1 is 1.21 bits per heavy atom. The number of likely N-dealkylation sites (tertiary alicyclic amines) is 1. The molecule has 3 aromatic rings. The lowest BCUT2D eigenvalue weighted by atomic mass is 10.2. The maximum absolute atomic E-state index is 13.0. The van der Waals surface area contributed by atoms with E-state index >= 15 is 0 Å². The molecule has 122 valence electrons. The first kappa shape index (κ1) is 14.9. The molecule has 0 amide bonds. The van der Waals surface area contributed by atoms with Gasteiger partial charge in [-0.15, -0.1) is 0 Å². The number of aromatic nitrogens is 4. The number of rotatable bonds is 4. The Hall–Kier alpha value is -2.67. The Morgan fingerprint density at radius 2 is 2.08 bits per heavy atom. The SMILES string of the molecule is Fc1ccc(-c2noc([C@@H]3CCCN3Cc3ccncc3)n2)nc1. The van der Waals surface area contributed by atoms with Gasteiger partial charge in [-0.05, 0) is 49.2 Å². The van der Waals surface area contributed by atoms with Gasteiger partial charge in [-0.1, -0.05) is 5.16 Å². The van der Waals surface area contributed by atoms with E-state index in [-0.39, 0.29) is 11.9 Å². The van der Waals surface area contributed by atoms with Crippen LogP contribution >= 0.6 is 0 Å². The molecule has 0 unspecified atom stereocenters. The van der Waals surface area contributed by atoms with Crippen LogP contribution in [-0.2, 0) is 6.54 Å². The van der Waals surface area contributed by atoms with Crippen molar-refractivity contribution in [3.63, 3.8) is 0 Å². The molecule has 0 aliphatic carbocycles. The molecule has 1 aliphatic rings. The summed E-state index contributed by atoms with van der Waals surface area (Å²) in [5, 5.41) is 3.99. The topological polar surface area (TPSA) is 67.9 Å². The highest BCUT2D eigenvalue weighted by Crippen LogP contribution is 2.32. The van der Waals surface area contributed by atoms with E-state index in [1.807, 2.05) is 12.1 Å². The number of pyridine rings is 2. The highest BCUT2D eigenvalue weighted by molar-refractivity contribution is 5.47. The molecular weight excluding hydrogens is 309 g/mol. The molecule has 0 bridgehead atoms. The fraction of sp³-hybridized carbons (Fsp3) is 0.294. The predicted octanol–water partition coefficient (Wildman–Crippen LogP) is 3.00. The van der Waals surface area contributed by atoms with Gasteiger partial charge in [0.2, 0.25) is 11.7 Å². The van der Waals surface area contributed by atoms with E-state index in [1.165, 1.54) is 11.6 Å². The van der Waals surface area contributed by atoms with E-state index in [0.29, 0.717) is 17.4 Å². The highest BCUT2D eigenvalue weighted by atomic mass is 19.1. The zero-order valence-electron chi connectivity index (χ0n) is 13.0. The second kappa shape index (κ2) is 6.45. The third-order valence-electron chi connectivity index (χ3n) is 4.18. The molecule has 0 radical (unpaired) electrons. The van der Waals surface area contributed by atoms with Crippen molar-refractivity contribution < 1.29 is 8.91 Å². The molecular formula is C17H16FN5O. The lowest BCUT2D eigenvalue weighted by molar-refractivity contribution is 0.201. The molecule has 6 nitrogen and oxygen atoms in total. The van der Waals surface area contributed by atoms with Crippen molar-refractivity contribution in [2.45, 2.75) is 25.4 Å². The van der Waals surface area contributed by atoms with E-state index < -0.39 is 0 Å². The number of nitrogens with zero attached hydrogens (tertiary/aromatic N) is 5. The highest BCUT2D eigenvalue weighted by Gasteiger charge is 2.30. The molecule has 7 heteroatoms. The fourth-order valence-corrected chi connectivity index (χ4v) is 3.00. The third-order valence-corrected chi connectivity index (χ3v) is 4.18. The van der Waals surface area contributed by atoms with E-state index in [2.05, 4.69) is 25.0 Å². The molecule has 1 aliphatic heterocycles. The van der Waals surface area contributed by atoms with Gasteiger partial charge in [0.05, 0.1) is 12.2 Å². The summed E-state index contributed by atoms with van der Waals surface area (Å²) in [6.45, 7) is 1.80. The van der Waals surface area contributed by atoms with Crippen LogP contribution in [-0.4, -0.2) is 31.6 Å². The van der Waals surface area contributed by atoms with Gasteiger partial charge in [0.25, 0.3) is 0 Å². The minimum Gasteiger partial charge on any atom is -0.337 e. The van der Waals surface area contributed by atoms with Crippen LogP contribution in [0.15, 0.2) is 47.4 Å². The van der Waals surface area contributed by atoms with Gasteiger partial charge < -0.3 is 4.52 Å². The Kier molecular flexibility index (Phi) is 4.00. The average Bonchev–Trinajstić information content (AvgIpc) is 3.25. The maximum Gasteiger partial charge on any atom is 0.244 e. The van der Waals surface area contributed by atoms with Crippen molar-refractivity contribution in [1.82, 2.24) is 25.0 Å². The molecule has 1 atom stereocenters. The second-order valence-electron chi connectivity index (χ2n) is 5.80. The van der Waals surface area contributed by atoms with Gasteiger partial charge in [-0.2, -0.15) is 4.98 Å². The van der Waals surface area contributed by atoms with Crippen molar-refractivity contribution >= 4 is 0 Å². The van der Waals surface area contributed by atoms with Gasteiger partial charge in [0.1, 0.15) is 11.5 Å². The number of halogens is 1. The minimum atomic E-state index is -0.387. The summed E-state index contributed by atoms with van der Waals surface area (Å²) in [6, 6.07) is 7.00. The number of hydrogen-bond acceptors (Lipinski definition) is 6. The Balaban J connectivity index is 1.53. The van der Waals surface area contributed by atoms with Gasteiger partial charge >= 0.3 is 0 Å². The molecule has 0 aromatic carbocycles. The molecule has 24 heavy (non-hydrogen) atoms. The summed E-state index contributed by atoms with van der Waals surface area (Å²) in [5.41, 5.74) is 1.71. The molecule has 0 N–H and O–H groups in total. The number of hydrogen-bond donors (Lipinski definition) is 0. The van der Waals surface area contributed by atoms with Crippen molar-refractivity contribution in [3.8, 4) is 11.5 Å². The van der Waals surface area contributed by atoms with Gasteiger partial charge in [0, 0.05) is 18.9 Å². The summed E-state index contributed by atoms with van der Waals surface area (Å²) >= 11 is 0. The third kappa shape index (κ3) is 3.03. The van der Waals surface area contributed by atoms with Crippen LogP contribution in [0.5, 0.6) is 0 Å². The molecule has 0 saturated carbocycles. The predicted molar refractivity (Wildman–Crippen MR) is 84.1 cm³/mol. The maximum atomic E-state index is 13.0. The monoisotopic (exact) mass is 325 g/mol. The Labute approximate surface area is 138 Å². The molecule has 4 heterocycles. The normalized spacial score (nSPS) is 18.1. The standard InChI is InChI=1S/C17H16FN5O/c18-13-3-4-14(20-10-13)16-21-17(24-22-16)15-2-1-9-23(15)11-12-5-7-19-8-6-12/h3-8,10,15H,1-2,9,11H2/t15-/m0/s1. The summed E-state index contributed by atoms with van der Waals surface area (Å²) in [6.07, 6.45) is 6.80. The van der Waals surface area contributed by atoms with Crippen LogP contribution < -0.4 is 0 Å².